The number of hydrogen-bond acceptors (Lipinski definition) is 9. The zero-order valence-corrected chi connectivity index (χ0v) is 32.7. The predicted molar refractivity (Wildman–Crippen MR) is 233 cm³/mol. The van der Waals surface area contributed by atoms with Crippen molar-refractivity contribution in [2.45, 2.75) is 24.9 Å². The topological polar surface area (TPSA) is 238 Å². The van der Waals surface area contributed by atoms with Crippen molar-refractivity contribution in [1.82, 2.24) is 19.1 Å². The van der Waals surface area contributed by atoms with Gasteiger partial charge >= 0.3 is 11.9 Å². The van der Waals surface area contributed by atoms with Crippen LogP contribution in [-0.4, -0.2) is 58.0 Å². The van der Waals surface area contributed by atoms with Crippen molar-refractivity contribution in [3.63, 3.8) is 0 Å². The van der Waals surface area contributed by atoms with Gasteiger partial charge in [-0.15, -0.1) is 0 Å². The molecule has 2 amide bonds. The van der Waals surface area contributed by atoms with Crippen LogP contribution >= 0.6 is 0 Å². The summed E-state index contributed by atoms with van der Waals surface area (Å²) in [5, 5.41) is 35.6. The minimum atomic E-state index is -0.957. The number of anilines is 3. The number of nitrogens with one attached hydrogen (secondary N) is 2. The lowest BCUT2D eigenvalue weighted by atomic mass is 10.0. The number of aliphatic carboxylic acids is 2. The largest absolute Gasteiger partial charge is 0.481 e. The van der Waals surface area contributed by atoms with E-state index in [1.165, 1.54) is 18.2 Å². The maximum atomic E-state index is 12.7. The fourth-order valence-corrected chi connectivity index (χ4v) is 7.06. The maximum Gasteiger partial charge on any atom is 0.305 e. The summed E-state index contributed by atoms with van der Waals surface area (Å²) < 4.78 is 3.57. The third kappa shape index (κ3) is 9.45. The summed E-state index contributed by atoms with van der Waals surface area (Å²) >= 11 is 0. The van der Waals surface area contributed by atoms with Crippen molar-refractivity contribution in [1.29, 1.82) is 0 Å². The van der Waals surface area contributed by atoms with E-state index in [-0.39, 0.29) is 30.0 Å². The van der Waals surface area contributed by atoms with E-state index >= 15 is 0 Å². The second-order valence-electron chi connectivity index (χ2n) is 14.0. The number of para-hydroxylation sites is 2. The van der Waals surface area contributed by atoms with Gasteiger partial charge in [-0.05, 0) is 65.7 Å². The van der Waals surface area contributed by atoms with Crippen LogP contribution in [0.3, 0.4) is 0 Å². The molecule has 0 radical (unpaired) electrons. The molecule has 6 N–H and O–H groups in total. The SMILES string of the molecule is Nc1ccccc1C(=O)Nc1ccc2ncn(C(CC(=O)O)c3ccccc3)c2c1.O=C(O)CC(c1ccccc1)n1cnc2ccc(NC(=O)c3ccccc3[N+](=O)[O-])cc21. The molecule has 0 fully saturated rings. The van der Waals surface area contributed by atoms with Gasteiger partial charge < -0.3 is 35.7 Å². The Bertz CT molecular complexity index is 2930. The molecule has 2 heterocycles. The van der Waals surface area contributed by atoms with Gasteiger partial charge in [0.2, 0.25) is 0 Å². The van der Waals surface area contributed by atoms with Crippen LogP contribution in [0, 0.1) is 10.1 Å². The van der Waals surface area contributed by atoms with Gasteiger partial charge in [0.05, 0.1) is 70.1 Å². The molecule has 2 atom stereocenters. The van der Waals surface area contributed by atoms with Crippen LogP contribution in [0.2, 0.25) is 0 Å². The standard InChI is InChI=1S/C23H18N4O5.C23H20N4O3/c28-22(29)13-20(15-6-2-1-3-7-15)26-14-24-18-11-10-16(12-21(18)26)25-23(30)17-8-4-5-9-19(17)27(31)32;24-18-9-5-4-8-17(18)23(30)26-16-10-11-19-21(12-16)27(14-25-19)20(13-22(28)29)15-6-2-1-3-7-15/h1-12,14,20H,13H2,(H,25,30)(H,28,29);1-12,14,20H,13,24H2,(H,26,30)(H,28,29). The number of carbonyl (C=O) groups excluding carboxylic acids is 2. The van der Waals surface area contributed by atoms with E-state index in [9.17, 15) is 39.5 Å². The first-order chi connectivity index (χ1) is 30.0. The number of nitro benzene ring substituents is 1. The van der Waals surface area contributed by atoms with Crippen LogP contribution in [0.1, 0.15) is 56.8 Å². The Hall–Kier alpha value is -8.66. The lowest BCUT2D eigenvalue weighted by Crippen LogP contribution is -2.15. The fraction of sp³-hybridized carbons (Fsp3) is 0.0870. The van der Waals surface area contributed by atoms with E-state index in [0.29, 0.717) is 39.2 Å². The summed E-state index contributed by atoms with van der Waals surface area (Å²) in [6.07, 6.45) is 2.96. The van der Waals surface area contributed by atoms with Crippen molar-refractivity contribution in [2.24, 2.45) is 0 Å². The fourth-order valence-electron chi connectivity index (χ4n) is 7.06. The summed E-state index contributed by atoms with van der Waals surface area (Å²) in [7, 11) is 0. The van der Waals surface area contributed by atoms with Crippen LogP contribution in [0.5, 0.6) is 0 Å². The van der Waals surface area contributed by atoms with Crippen LogP contribution in [0.15, 0.2) is 158 Å². The number of fused-ring (bicyclic) bond motifs is 2. The molecule has 8 rings (SSSR count). The number of rotatable bonds is 13. The highest BCUT2D eigenvalue weighted by Gasteiger charge is 2.23. The van der Waals surface area contributed by atoms with Gasteiger partial charge in [-0.1, -0.05) is 84.9 Å². The number of carboxylic acid groups (broad SMARTS) is 2. The molecule has 0 aliphatic carbocycles. The molecule has 2 aromatic heterocycles. The highest BCUT2D eigenvalue weighted by atomic mass is 16.6. The van der Waals surface area contributed by atoms with Crippen LogP contribution < -0.4 is 16.4 Å². The van der Waals surface area contributed by atoms with E-state index in [1.807, 2.05) is 65.2 Å². The Balaban J connectivity index is 0.000000187. The van der Waals surface area contributed by atoms with Crippen molar-refractivity contribution in [3.05, 3.63) is 191 Å². The van der Waals surface area contributed by atoms with E-state index < -0.39 is 34.9 Å². The van der Waals surface area contributed by atoms with E-state index in [4.69, 9.17) is 5.73 Å². The van der Waals surface area contributed by atoms with Crippen molar-refractivity contribution < 1.29 is 34.3 Å². The Morgan fingerprint density at radius 1 is 0.597 bits per heavy atom. The Morgan fingerprint density at radius 3 is 1.47 bits per heavy atom. The van der Waals surface area contributed by atoms with Crippen LogP contribution in [0.25, 0.3) is 22.1 Å². The third-order valence-electron chi connectivity index (χ3n) is 9.99. The van der Waals surface area contributed by atoms with Gasteiger partial charge in [0.15, 0.2) is 0 Å². The summed E-state index contributed by atoms with van der Waals surface area (Å²) in [6.45, 7) is 0. The molecular weight excluding hydrogens is 793 g/mol. The number of aromatic nitrogens is 4. The molecular formula is C46H38N8O8. The summed E-state index contributed by atoms with van der Waals surface area (Å²) in [5.74, 6) is -2.80. The molecule has 6 aromatic carbocycles. The molecule has 16 nitrogen and oxygen atoms in total. The predicted octanol–water partition coefficient (Wildman–Crippen LogP) is 8.20. The van der Waals surface area contributed by atoms with Gasteiger partial charge in [-0.25, -0.2) is 9.97 Å². The van der Waals surface area contributed by atoms with E-state index in [2.05, 4.69) is 20.6 Å². The molecule has 0 bridgehead atoms. The molecule has 0 saturated heterocycles. The molecule has 62 heavy (non-hydrogen) atoms. The molecule has 0 aliphatic heterocycles. The summed E-state index contributed by atoms with van der Waals surface area (Å²) in [6, 6.07) is 40.6. The second-order valence-corrected chi connectivity index (χ2v) is 14.0. The molecule has 310 valence electrons. The van der Waals surface area contributed by atoms with Crippen LogP contribution in [-0.2, 0) is 9.59 Å². The number of imidazole rings is 2. The number of hydrogen-bond donors (Lipinski definition) is 5. The monoisotopic (exact) mass is 830 g/mol. The van der Waals surface area contributed by atoms with Crippen LogP contribution in [0.4, 0.5) is 22.7 Å². The number of nitrogen functional groups attached to an aromatic ring is 1. The first kappa shape index (κ1) is 41.5. The third-order valence-corrected chi connectivity index (χ3v) is 9.99. The highest BCUT2D eigenvalue weighted by Crippen LogP contribution is 2.30. The number of benzene rings is 6. The smallest absolute Gasteiger partial charge is 0.305 e. The average Bonchev–Trinajstić information content (AvgIpc) is 3.89. The summed E-state index contributed by atoms with van der Waals surface area (Å²) in [4.78, 5) is 67.7. The maximum absolute atomic E-state index is 12.7. The van der Waals surface area contributed by atoms with Gasteiger partial charge in [-0.3, -0.25) is 29.3 Å². The van der Waals surface area contributed by atoms with E-state index in [0.717, 1.165) is 16.6 Å². The van der Waals surface area contributed by atoms with E-state index in [1.54, 1.807) is 84.0 Å². The first-order valence-electron chi connectivity index (χ1n) is 19.1. The number of carboxylic acids is 2. The average molecular weight is 831 g/mol. The Labute approximate surface area is 353 Å². The van der Waals surface area contributed by atoms with Gasteiger partial charge in [-0.2, -0.15) is 0 Å². The number of amides is 2. The summed E-state index contributed by atoms with van der Waals surface area (Å²) in [5.41, 5.74) is 11.7. The molecule has 2 unspecified atom stereocenters. The highest BCUT2D eigenvalue weighted by molar-refractivity contribution is 6.08. The Morgan fingerprint density at radius 2 is 1.02 bits per heavy atom. The quantitative estimate of drug-likeness (QED) is 0.0422. The molecule has 0 spiro atoms. The van der Waals surface area contributed by atoms with Gasteiger partial charge in [0, 0.05) is 23.1 Å². The number of nitrogens with zero attached hydrogens (tertiary/aromatic N) is 5. The molecule has 0 saturated carbocycles. The number of nitro groups is 1. The first-order valence-corrected chi connectivity index (χ1v) is 19.1. The van der Waals surface area contributed by atoms with Gasteiger partial charge in [0.25, 0.3) is 17.5 Å². The zero-order chi connectivity index (χ0) is 43.8. The van der Waals surface area contributed by atoms with Crippen molar-refractivity contribution >= 4 is 68.6 Å². The molecule has 0 aliphatic rings. The Kier molecular flexibility index (Phi) is 12.4. The number of nitrogens with two attached hydrogens (primary N) is 1. The lowest BCUT2D eigenvalue weighted by Gasteiger charge is -2.18. The molecule has 8 aromatic rings. The molecule has 16 heteroatoms. The minimum Gasteiger partial charge on any atom is -0.481 e. The zero-order valence-electron chi connectivity index (χ0n) is 32.7. The number of carbonyl (C=O) groups is 4. The normalized spacial score (nSPS) is 11.8. The second kappa shape index (κ2) is 18.5. The minimum absolute atomic E-state index is 0.0563. The lowest BCUT2D eigenvalue weighted by molar-refractivity contribution is -0.385. The van der Waals surface area contributed by atoms with Crippen molar-refractivity contribution in [3.8, 4) is 0 Å². The van der Waals surface area contributed by atoms with Crippen molar-refractivity contribution in [2.75, 3.05) is 16.4 Å². The van der Waals surface area contributed by atoms with Gasteiger partial charge in [0.1, 0.15) is 5.56 Å².